The van der Waals surface area contributed by atoms with Crippen LogP contribution in [0.2, 0.25) is 5.02 Å². The highest BCUT2D eigenvalue weighted by atomic mass is 35.5. The smallest absolute Gasteiger partial charge is 0.161 e. The van der Waals surface area contributed by atoms with Crippen molar-refractivity contribution < 1.29 is 4.79 Å². The van der Waals surface area contributed by atoms with E-state index in [0.717, 1.165) is 5.69 Å². The molecule has 0 unspecified atom stereocenters. The lowest BCUT2D eigenvalue weighted by Gasteiger charge is -2.36. The Morgan fingerprint density at radius 1 is 1.44 bits per heavy atom. The molecule has 0 amide bonds. The molecule has 3 heteroatoms. The molecule has 1 aromatic carbocycles. The molecule has 0 bridgehead atoms. The molecule has 2 nitrogen and oxygen atoms in total. The molecule has 0 aromatic heterocycles. The maximum atomic E-state index is 11.3. The zero-order chi connectivity index (χ0) is 11.7. The fourth-order valence-corrected chi connectivity index (χ4v) is 2.30. The SMILES string of the molecule is CC(=O)c1ccc(N(C)C2CCC2)cc1Cl. The summed E-state index contributed by atoms with van der Waals surface area (Å²) in [7, 11) is 2.09. The number of ketones is 1. The number of nitrogens with zero attached hydrogens (tertiary/aromatic N) is 1. The fraction of sp³-hybridized carbons (Fsp3) is 0.462. The number of hydrogen-bond acceptors (Lipinski definition) is 2. The topological polar surface area (TPSA) is 20.3 Å². The predicted octanol–water partition coefficient (Wildman–Crippen LogP) is 3.53. The van der Waals surface area contributed by atoms with Crippen molar-refractivity contribution in [1.82, 2.24) is 0 Å². The number of anilines is 1. The Morgan fingerprint density at radius 3 is 2.56 bits per heavy atom. The Bertz CT molecular complexity index is 412. The number of carbonyl (C=O) groups excluding carboxylic acids is 1. The van der Waals surface area contributed by atoms with Gasteiger partial charge in [0.05, 0.1) is 5.02 Å². The van der Waals surface area contributed by atoms with Crippen molar-refractivity contribution in [3.05, 3.63) is 28.8 Å². The van der Waals surface area contributed by atoms with Crippen molar-refractivity contribution in [2.45, 2.75) is 32.2 Å². The first kappa shape index (κ1) is 11.5. The van der Waals surface area contributed by atoms with Crippen LogP contribution in [0.1, 0.15) is 36.5 Å². The van der Waals surface area contributed by atoms with Crippen LogP contribution in [-0.2, 0) is 0 Å². The molecule has 1 aromatic rings. The Balaban J connectivity index is 2.22. The molecule has 86 valence electrons. The minimum absolute atomic E-state index is 0.0165. The lowest BCUT2D eigenvalue weighted by Crippen LogP contribution is -2.37. The molecule has 0 atom stereocenters. The minimum Gasteiger partial charge on any atom is -0.372 e. The zero-order valence-corrected chi connectivity index (χ0v) is 10.4. The summed E-state index contributed by atoms with van der Waals surface area (Å²) >= 11 is 6.09. The Hall–Kier alpha value is -1.02. The molecule has 0 spiro atoms. The second-order valence-electron chi connectivity index (χ2n) is 4.42. The molecule has 1 aliphatic carbocycles. The first-order valence-electron chi connectivity index (χ1n) is 5.63. The molecule has 0 N–H and O–H groups in total. The molecule has 0 radical (unpaired) electrons. The van der Waals surface area contributed by atoms with Gasteiger partial charge in [0.25, 0.3) is 0 Å². The van der Waals surface area contributed by atoms with Gasteiger partial charge in [-0.25, -0.2) is 0 Å². The van der Waals surface area contributed by atoms with Gasteiger partial charge in [-0.3, -0.25) is 4.79 Å². The van der Waals surface area contributed by atoms with E-state index in [9.17, 15) is 4.79 Å². The molecular weight excluding hydrogens is 222 g/mol. The van der Waals surface area contributed by atoms with Crippen LogP contribution >= 0.6 is 11.6 Å². The molecule has 0 aliphatic heterocycles. The minimum atomic E-state index is 0.0165. The molecule has 0 heterocycles. The van der Waals surface area contributed by atoms with Crippen LogP contribution in [0.3, 0.4) is 0 Å². The summed E-state index contributed by atoms with van der Waals surface area (Å²) in [6, 6.07) is 6.31. The summed E-state index contributed by atoms with van der Waals surface area (Å²) in [6.45, 7) is 1.54. The summed E-state index contributed by atoms with van der Waals surface area (Å²) in [5, 5.41) is 0.552. The monoisotopic (exact) mass is 237 g/mol. The lowest BCUT2D eigenvalue weighted by molar-refractivity contribution is 0.101. The van der Waals surface area contributed by atoms with Gasteiger partial charge in [0.15, 0.2) is 5.78 Å². The van der Waals surface area contributed by atoms with E-state index in [1.54, 1.807) is 0 Å². The highest BCUT2D eigenvalue weighted by Crippen LogP contribution is 2.30. The van der Waals surface area contributed by atoms with Crippen molar-refractivity contribution in [2.24, 2.45) is 0 Å². The Kier molecular flexibility index (Phi) is 3.20. The van der Waals surface area contributed by atoms with Crippen molar-refractivity contribution in [3.8, 4) is 0 Å². The van der Waals surface area contributed by atoms with Gasteiger partial charge in [0.2, 0.25) is 0 Å². The normalized spacial score (nSPS) is 15.7. The third-order valence-electron chi connectivity index (χ3n) is 3.36. The third-order valence-corrected chi connectivity index (χ3v) is 3.67. The number of benzene rings is 1. The summed E-state index contributed by atoms with van der Waals surface area (Å²) in [4.78, 5) is 13.5. The molecule has 16 heavy (non-hydrogen) atoms. The summed E-state index contributed by atoms with van der Waals surface area (Å²) in [5.74, 6) is 0.0165. The largest absolute Gasteiger partial charge is 0.372 e. The maximum absolute atomic E-state index is 11.3. The van der Waals surface area contributed by atoms with E-state index in [-0.39, 0.29) is 5.78 Å². The van der Waals surface area contributed by atoms with Gasteiger partial charge >= 0.3 is 0 Å². The van der Waals surface area contributed by atoms with Crippen LogP contribution in [0, 0.1) is 0 Å². The molecule has 1 saturated carbocycles. The number of rotatable bonds is 3. The number of Topliss-reactive ketones (excluding diaryl/α,β-unsaturated/α-hetero) is 1. The van der Waals surface area contributed by atoms with Crippen LogP contribution in [0.4, 0.5) is 5.69 Å². The van der Waals surface area contributed by atoms with E-state index in [1.807, 2.05) is 18.2 Å². The molecule has 2 rings (SSSR count). The first-order valence-corrected chi connectivity index (χ1v) is 6.00. The second kappa shape index (κ2) is 4.46. The fourth-order valence-electron chi connectivity index (χ4n) is 1.99. The molecule has 0 saturated heterocycles. The van der Waals surface area contributed by atoms with Crippen LogP contribution in [0.5, 0.6) is 0 Å². The highest BCUT2D eigenvalue weighted by molar-refractivity contribution is 6.34. The van der Waals surface area contributed by atoms with Crippen molar-refractivity contribution in [3.63, 3.8) is 0 Å². The number of halogens is 1. The van der Waals surface area contributed by atoms with Crippen molar-refractivity contribution in [1.29, 1.82) is 0 Å². The standard InChI is InChI=1S/C13H16ClNO/c1-9(16)12-7-6-11(8-13(12)14)15(2)10-4-3-5-10/h6-8,10H,3-5H2,1-2H3. The summed E-state index contributed by atoms with van der Waals surface area (Å²) < 4.78 is 0. The van der Waals surface area contributed by atoms with Crippen LogP contribution < -0.4 is 4.90 Å². The van der Waals surface area contributed by atoms with E-state index in [0.29, 0.717) is 16.6 Å². The van der Waals surface area contributed by atoms with Gasteiger partial charge in [-0.1, -0.05) is 11.6 Å². The van der Waals surface area contributed by atoms with Crippen LogP contribution in [-0.4, -0.2) is 18.9 Å². The van der Waals surface area contributed by atoms with Gasteiger partial charge in [0, 0.05) is 24.3 Å². The van der Waals surface area contributed by atoms with E-state index >= 15 is 0 Å². The van der Waals surface area contributed by atoms with E-state index in [1.165, 1.54) is 26.2 Å². The Morgan fingerprint density at radius 2 is 2.12 bits per heavy atom. The van der Waals surface area contributed by atoms with Gasteiger partial charge in [0.1, 0.15) is 0 Å². The Labute approximate surface area is 101 Å². The van der Waals surface area contributed by atoms with Gasteiger partial charge in [-0.2, -0.15) is 0 Å². The second-order valence-corrected chi connectivity index (χ2v) is 4.82. The lowest BCUT2D eigenvalue weighted by atomic mass is 9.91. The average Bonchev–Trinajstić information content (AvgIpc) is 2.14. The van der Waals surface area contributed by atoms with Crippen LogP contribution in [0.15, 0.2) is 18.2 Å². The van der Waals surface area contributed by atoms with Crippen molar-refractivity contribution in [2.75, 3.05) is 11.9 Å². The van der Waals surface area contributed by atoms with Crippen molar-refractivity contribution >= 4 is 23.1 Å². The average molecular weight is 238 g/mol. The number of carbonyl (C=O) groups is 1. The number of hydrogen-bond donors (Lipinski definition) is 0. The quantitative estimate of drug-likeness (QED) is 0.750. The first-order chi connectivity index (χ1) is 7.59. The predicted molar refractivity (Wildman–Crippen MR) is 67.5 cm³/mol. The molecule has 1 fully saturated rings. The summed E-state index contributed by atoms with van der Waals surface area (Å²) in [6.07, 6.45) is 3.82. The zero-order valence-electron chi connectivity index (χ0n) is 9.66. The third kappa shape index (κ3) is 2.07. The van der Waals surface area contributed by atoms with E-state index in [2.05, 4.69) is 11.9 Å². The van der Waals surface area contributed by atoms with E-state index < -0.39 is 0 Å². The molecule has 1 aliphatic rings. The molecular formula is C13H16ClNO. The summed E-state index contributed by atoms with van der Waals surface area (Å²) in [5.41, 5.74) is 1.70. The van der Waals surface area contributed by atoms with Crippen LogP contribution in [0.25, 0.3) is 0 Å². The van der Waals surface area contributed by atoms with E-state index in [4.69, 9.17) is 11.6 Å². The maximum Gasteiger partial charge on any atom is 0.161 e. The van der Waals surface area contributed by atoms with Gasteiger partial charge in [-0.05, 0) is 44.4 Å². The van der Waals surface area contributed by atoms with Gasteiger partial charge in [-0.15, -0.1) is 0 Å². The highest BCUT2D eigenvalue weighted by Gasteiger charge is 2.22. The van der Waals surface area contributed by atoms with Gasteiger partial charge < -0.3 is 4.90 Å².